The molecule has 1 saturated heterocycles. The SMILES string of the molecule is CC1CCCCN1CCNC(=O)C(=O)Nc1cccc(Cl)c1Cl. The van der Waals surface area contributed by atoms with Crippen LogP contribution in [0.15, 0.2) is 18.2 Å². The Balaban J connectivity index is 1.79. The van der Waals surface area contributed by atoms with Crippen molar-refractivity contribution in [2.75, 3.05) is 25.0 Å². The summed E-state index contributed by atoms with van der Waals surface area (Å²) < 4.78 is 0. The lowest BCUT2D eigenvalue weighted by molar-refractivity contribution is -0.136. The van der Waals surface area contributed by atoms with Gasteiger partial charge >= 0.3 is 11.8 Å². The molecule has 0 radical (unpaired) electrons. The number of halogens is 2. The summed E-state index contributed by atoms with van der Waals surface area (Å²) in [5, 5.41) is 5.65. The van der Waals surface area contributed by atoms with E-state index in [0.717, 1.165) is 13.1 Å². The molecule has 1 atom stereocenters. The Labute approximate surface area is 146 Å². The molecule has 1 aliphatic heterocycles. The number of hydrogen-bond donors (Lipinski definition) is 2. The van der Waals surface area contributed by atoms with Crippen LogP contribution in [0.5, 0.6) is 0 Å². The van der Waals surface area contributed by atoms with E-state index in [1.165, 1.54) is 19.3 Å². The first-order valence-corrected chi connectivity index (χ1v) is 8.52. The standard InChI is InChI=1S/C16H21Cl2N3O2/c1-11-5-2-3-9-21(11)10-8-19-15(22)16(23)20-13-7-4-6-12(17)14(13)18/h4,6-7,11H,2-3,5,8-10H2,1H3,(H,19,22)(H,20,23). The summed E-state index contributed by atoms with van der Waals surface area (Å²) in [6, 6.07) is 5.38. The van der Waals surface area contributed by atoms with Crippen LogP contribution in [0.2, 0.25) is 10.0 Å². The molecule has 126 valence electrons. The molecule has 2 rings (SSSR count). The Bertz CT molecular complexity index is 580. The van der Waals surface area contributed by atoms with Gasteiger partial charge in [0, 0.05) is 19.1 Å². The van der Waals surface area contributed by atoms with Crippen molar-refractivity contribution < 1.29 is 9.59 Å². The van der Waals surface area contributed by atoms with E-state index in [-0.39, 0.29) is 5.02 Å². The van der Waals surface area contributed by atoms with Crippen molar-refractivity contribution in [1.29, 1.82) is 0 Å². The molecule has 1 unspecified atom stereocenters. The third-order valence-corrected chi connectivity index (χ3v) is 4.85. The van der Waals surface area contributed by atoms with Crippen LogP contribution >= 0.6 is 23.2 Å². The van der Waals surface area contributed by atoms with Crippen molar-refractivity contribution in [3.8, 4) is 0 Å². The van der Waals surface area contributed by atoms with E-state index in [0.29, 0.717) is 23.3 Å². The minimum absolute atomic E-state index is 0.220. The molecule has 1 heterocycles. The summed E-state index contributed by atoms with van der Waals surface area (Å²) >= 11 is 11.8. The molecule has 0 saturated carbocycles. The van der Waals surface area contributed by atoms with Gasteiger partial charge in [-0.2, -0.15) is 0 Å². The van der Waals surface area contributed by atoms with Crippen LogP contribution in [0.3, 0.4) is 0 Å². The fourth-order valence-electron chi connectivity index (χ4n) is 2.66. The lowest BCUT2D eigenvalue weighted by Crippen LogP contribution is -2.44. The second-order valence-electron chi connectivity index (χ2n) is 5.69. The maximum atomic E-state index is 11.9. The molecule has 0 aliphatic carbocycles. The van der Waals surface area contributed by atoms with Gasteiger partial charge in [0.15, 0.2) is 0 Å². The third kappa shape index (κ3) is 5.09. The molecule has 1 aliphatic rings. The number of anilines is 1. The summed E-state index contributed by atoms with van der Waals surface area (Å²) in [6.45, 7) is 4.42. The molecule has 2 amide bonds. The fourth-order valence-corrected chi connectivity index (χ4v) is 3.01. The van der Waals surface area contributed by atoms with Gasteiger partial charge in [0.1, 0.15) is 0 Å². The second-order valence-corrected chi connectivity index (χ2v) is 6.48. The lowest BCUT2D eigenvalue weighted by atomic mass is 10.0. The highest BCUT2D eigenvalue weighted by Crippen LogP contribution is 2.29. The first-order chi connectivity index (χ1) is 11.0. The van der Waals surface area contributed by atoms with Crippen molar-refractivity contribution in [1.82, 2.24) is 10.2 Å². The van der Waals surface area contributed by atoms with Crippen LogP contribution < -0.4 is 10.6 Å². The van der Waals surface area contributed by atoms with Crippen LogP contribution in [0.4, 0.5) is 5.69 Å². The summed E-state index contributed by atoms with van der Waals surface area (Å²) in [4.78, 5) is 26.1. The normalized spacial score (nSPS) is 18.5. The van der Waals surface area contributed by atoms with Gasteiger partial charge in [-0.05, 0) is 38.4 Å². The quantitative estimate of drug-likeness (QED) is 0.814. The monoisotopic (exact) mass is 357 g/mol. The fraction of sp³-hybridized carbons (Fsp3) is 0.500. The second kappa shape index (κ2) is 8.52. The van der Waals surface area contributed by atoms with Crippen molar-refractivity contribution >= 4 is 40.7 Å². The van der Waals surface area contributed by atoms with Gasteiger partial charge in [0.05, 0.1) is 15.7 Å². The Hall–Kier alpha value is -1.30. The average Bonchev–Trinajstić information content (AvgIpc) is 2.53. The van der Waals surface area contributed by atoms with Crippen LogP contribution in [-0.4, -0.2) is 42.4 Å². The number of nitrogens with zero attached hydrogens (tertiary/aromatic N) is 1. The first kappa shape index (κ1) is 18.0. The number of amides is 2. The zero-order valence-electron chi connectivity index (χ0n) is 13.1. The molecule has 1 aromatic rings. The maximum absolute atomic E-state index is 11.9. The Morgan fingerprint density at radius 3 is 2.78 bits per heavy atom. The highest BCUT2D eigenvalue weighted by Gasteiger charge is 2.19. The number of rotatable bonds is 4. The van der Waals surface area contributed by atoms with Crippen LogP contribution in [0.25, 0.3) is 0 Å². The predicted octanol–water partition coefficient (Wildman–Crippen LogP) is 2.92. The van der Waals surface area contributed by atoms with E-state index in [2.05, 4.69) is 22.5 Å². The van der Waals surface area contributed by atoms with Gasteiger partial charge in [0.2, 0.25) is 0 Å². The minimum Gasteiger partial charge on any atom is -0.347 e. The van der Waals surface area contributed by atoms with Crippen LogP contribution in [-0.2, 0) is 9.59 Å². The summed E-state index contributed by atoms with van der Waals surface area (Å²) in [5.74, 6) is -1.42. The van der Waals surface area contributed by atoms with Gasteiger partial charge < -0.3 is 10.6 Å². The molecular formula is C16H21Cl2N3O2. The number of benzene rings is 1. The Morgan fingerprint density at radius 1 is 1.26 bits per heavy atom. The van der Waals surface area contributed by atoms with Crippen LogP contribution in [0, 0.1) is 0 Å². The molecule has 5 nitrogen and oxygen atoms in total. The lowest BCUT2D eigenvalue weighted by Gasteiger charge is -2.33. The van der Waals surface area contributed by atoms with E-state index in [9.17, 15) is 9.59 Å². The summed E-state index contributed by atoms with van der Waals surface area (Å²) in [6.07, 6.45) is 3.63. The molecule has 7 heteroatoms. The van der Waals surface area contributed by atoms with Crippen molar-refractivity contribution in [3.05, 3.63) is 28.2 Å². The predicted molar refractivity (Wildman–Crippen MR) is 93.0 cm³/mol. The molecule has 0 spiro atoms. The van der Waals surface area contributed by atoms with Gasteiger partial charge in [-0.25, -0.2) is 0 Å². The number of piperidine rings is 1. The molecule has 1 fully saturated rings. The number of carbonyl (C=O) groups excluding carboxylic acids is 2. The summed E-state index contributed by atoms with van der Waals surface area (Å²) in [5.41, 5.74) is 0.323. The Morgan fingerprint density at radius 2 is 2.04 bits per heavy atom. The van der Waals surface area contributed by atoms with E-state index in [1.807, 2.05) is 0 Å². The van der Waals surface area contributed by atoms with E-state index in [4.69, 9.17) is 23.2 Å². The molecule has 0 aromatic heterocycles. The average molecular weight is 358 g/mol. The zero-order valence-corrected chi connectivity index (χ0v) is 14.6. The zero-order chi connectivity index (χ0) is 16.8. The van der Waals surface area contributed by atoms with Crippen molar-refractivity contribution in [3.63, 3.8) is 0 Å². The highest BCUT2D eigenvalue weighted by molar-refractivity contribution is 6.45. The number of nitrogens with one attached hydrogen (secondary N) is 2. The maximum Gasteiger partial charge on any atom is 0.313 e. The van der Waals surface area contributed by atoms with Gasteiger partial charge in [-0.3, -0.25) is 14.5 Å². The highest BCUT2D eigenvalue weighted by atomic mass is 35.5. The largest absolute Gasteiger partial charge is 0.347 e. The first-order valence-electron chi connectivity index (χ1n) is 7.76. The summed E-state index contributed by atoms with van der Waals surface area (Å²) in [7, 11) is 0. The topological polar surface area (TPSA) is 61.4 Å². The molecule has 1 aromatic carbocycles. The number of likely N-dealkylation sites (tertiary alicyclic amines) is 1. The van der Waals surface area contributed by atoms with Crippen molar-refractivity contribution in [2.45, 2.75) is 32.2 Å². The van der Waals surface area contributed by atoms with Crippen molar-refractivity contribution in [2.24, 2.45) is 0 Å². The third-order valence-electron chi connectivity index (χ3n) is 4.03. The van der Waals surface area contributed by atoms with E-state index < -0.39 is 11.8 Å². The van der Waals surface area contributed by atoms with Crippen LogP contribution in [0.1, 0.15) is 26.2 Å². The Kier molecular flexibility index (Phi) is 6.69. The minimum atomic E-state index is -0.749. The van der Waals surface area contributed by atoms with E-state index >= 15 is 0 Å². The van der Waals surface area contributed by atoms with Gasteiger partial charge in [-0.1, -0.05) is 35.7 Å². The molecule has 23 heavy (non-hydrogen) atoms. The number of carbonyl (C=O) groups is 2. The molecule has 0 bridgehead atoms. The van der Waals surface area contributed by atoms with Gasteiger partial charge in [-0.15, -0.1) is 0 Å². The van der Waals surface area contributed by atoms with Gasteiger partial charge in [0.25, 0.3) is 0 Å². The molecular weight excluding hydrogens is 337 g/mol. The molecule has 2 N–H and O–H groups in total. The smallest absolute Gasteiger partial charge is 0.313 e. The number of hydrogen-bond acceptors (Lipinski definition) is 3. The van der Waals surface area contributed by atoms with E-state index in [1.54, 1.807) is 18.2 Å².